The second kappa shape index (κ2) is 6.76. The van der Waals surface area contributed by atoms with Crippen LogP contribution in [0.15, 0.2) is 18.2 Å². The van der Waals surface area contributed by atoms with Gasteiger partial charge in [0.1, 0.15) is 0 Å². The van der Waals surface area contributed by atoms with Crippen LogP contribution in [-0.2, 0) is 11.2 Å². The lowest BCUT2D eigenvalue weighted by atomic mass is 9.99. The van der Waals surface area contributed by atoms with Gasteiger partial charge < -0.3 is 10.6 Å². The summed E-state index contributed by atoms with van der Waals surface area (Å²) in [5.74, 6) is 0.210. The molecule has 0 saturated heterocycles. The average Bonchev–Trinajstić information content (AvgIpc) is 2.35. The summed E-state index contributed by atoms with van der Waals surface area (Å²) in [6.45, 7) is 3.50. The summed E-state index contributed by atoms with van der Waals surface area (Å²) in [6, 6.07) is 6.38. The Bertz CT molecular complexity index is 420. The van der Waals surface area contributed by atoms with Crippen LogP contribution >= 0.6 is 12.4 Å². The Kier molecular flexibility index (Phi) is 5.63. The van der Waals surface area contributed by atoms with Crippen molar-refractivity contribution in [3.8, 4) is 0 Å². The normalized spacial score (nSPS) is 13.8. The van der Waals surface area contributed by atoms with Gasteiger partial charge in [-0.1, -0.05) is 12.1 Å². The Morgan fingerprint density at radius 3 is 2.94 bits per heavy atom. The number of carbonyl (C=O) groups excluding carboxylic acids is 1. The molecule has 2 rings (SSSR count). The molecule has 0 aromatic heterocycles. The minimum Gasteiger partial charge on any atom is -0.330 e. The van der Waals surface area contributed by atoms with Gasteiger partial charge in [0.2, 0.25) is 5.91 Å². The van der Waals surface area contributed by atoms with Crippen LogP contribution in [0.4, 0.5) is 5.69 Å². The van der Waals surface area contributed by atoms with Crippen molar-refractivity contribution in [2.45, 2.75) is 32.6 Å². The van der Waals surface area contributed by atoms with E-state index in [2.05, 4.69) is 25.1 Å². The standard InChI is InChI=1S/C14H20N2O.ClH/c1-11-6-7-12-4-3-9-16(13(12)10-11)14(17)5-2-8-15;/h6-7,10H,2-5,8-9,15H2,1H3;1H. The van der Waals surface area contributed by atoms with Crippen LogP contribution in [0, 0.1) is 6.92 Å². The molecule has 4 heteroatoms. The summed E-state index contributed by atoms with van der Waals surface area (Å²) < 4.78 is 0. The molecule has 0 aliphatic carbocycles. The van der Waals surface area contributed by atoms with E-state index < -0.39 is 0 Å². The van der Waals surface area contributed by atoms with Crippen molar-refractivity contribution in [3.05, 3.63) is 29.3 Å². The van der Waals surface area contributed by atoms with Gasteiger partial charge in [0.15, 0.2) is 0 Å². The Balaban J connectivity index is 0.00000162. The van der Waals surface area contributed by atoms with E-state index >= 15 is 0 Å². The van der Waals surface area contributed by atoms with Crippen molar-refractivity contribution in [1.29, 1.82) is 0 Å². The van der Waals surface area contributed by atoms with Gasteiger partial charge in [0.05, 0.1) is 0 Å². The number of amides is 1. The maximum atomic E-state index is 12.1. The molecular weight excluding hydrogens is 248 g/mol. The first-order valence-electron chi connectivity index (χ1n) is 6.32. The lowest BCUT2D eigenvalue weighted by Crippen LogP contribution is -2.35. The molecule has 18 heavy (non-hydrogen) atoms. The number of aryl methyl sites for hydroxylation is 2. The molecule has 0 spiro atoms. The number of benzene rings is 1. The maximum Gasteiger partial charge on any atom is 0.227 e. The molecule has 100 valence electrons. The van der Waals surface area contributed by atoms with Crippen LogP contribution in [0.3, 0.4) is 0 Å². The van der Waals surface area contributed by atoms with Gasteiger partial charge in [-0.15, -0.1) is 12.4 Å². The third-order valence-corrected chi connectivity index (χ3v) is 3.26. The smallest absolute Gasteiger partial charge is 0.227 e. The summed E-state index contributed by atoms with van der Waals surface area (Å²) in [5.41, 5.74) is 9.07. The molecular formula is C14H21ClN2O. The summed E-state index contributed by atoms with van der Waals surface area (Å²) >= 11 is 0. The molecule has 1 aliphatic heterocycles. The van der Waals surface area contributed by atoms with Crippen molar-refractivity contribution in [2.24, 2.45) is 5.73 Å². The van der Waals surface area contributed by atoms with Gasteiger partial charge >= 0.3 is 0 Å². The molecule has 3 nitrogen and oxygen atoms in total. The monoisotopic (exact) mass is 268 g/mol. The van der Waals surface area contributed by atoms with Crippen LogP contribution in [-0.4, -0.2) is 19.0 Å². The molecule has 1 aromatic rings. The number of nitrogens with two attached hydrogens (primary N) is 1. The third-order valence-electron chi connectivity index (χ3n) is 3.26. The number of rotatable bonds is 3. The second-order valence-electron chi connectivity index (χ2n) is 4.67. The Morgan fingerprint density at radius 2 is 2.22 bits per heavy atom. The molecule has 0 bridgehead atoms. The summed E-state index contributed by atoms with van der Waals surface area (Å²) in [7, 11) is 0. The fraction of sp³-hybridized carbons (Fsp3) is 0.500. The van der Waals surface area contributed by atoms with Crippen LogP contribution in [0.5, 0.6) is 0 Å². The number of fused-ring (bicyclic) bond motifs is 1. The molecule has 0 atom stereocenters. The summed E-state index contributed by atoms with van der Waals surface area (Å²) in [6.07, 6.45) is 3.47. The highest BCUT2D eigenvalue weighted by molar-refractivity contribution is 5.94. The minimum atomic E-state index is 0. The number of anilines is 1. The van der Waals surface area contributed by atoms with E-state index in [-0.39, 0.29) is 18.3 Å². The van der Waals surface area contributed by atoms with E-state index in [0.29, 0.717) is 13.0 Å². The van der Waals surface area contributed by atoms with Crippen molar-refractivity contribution in [3.63, 3.8) is 0 Å². The van der Waals surface area contributed by atoms with Crippen molar-refractivity contribution < 1.29 is 4.79 Å². The van der Waals surface area contributed by atoms with E-state index in [0.717, 1.165) is 31.5 Å². The van der Waals surface area contributed by atoms with Crippen molar-refractivity contribution in [1.82, 2.24) is 0 Å². The quantitative estimate of drug-likeness (QED) is 0.915. The lowest BCUT2D eigenvalue weighted by Gasteiger charge is -2.30. The van der Waals surface area contributed by atoms with Crippen LogP contribution in [0.25, 0.3) is 0 Å². The number of hydrogen-bond acceptors (Lipinski definition) is 2. The Labute approximate surface area is 115 Å². The van der Waals surface area contributed by atoms with Crippen molar-refractivity contribution in [2.75, 3.05) is 18.0 Å². The largest absolute Gasteiger partial charge is 0.330 e. The van der Waals surface area contributed by atoms with E-state index in [1.165, 1.54) is 11.1 Å². The highest BCUT2D eigenvalue weighted by atomic mass is 35.5. The first kappa shape index (κ1) is 15.0. The van der Waals surface area contributed by atoms with Crippen LogP contribution < -0.4 is 10.6 Å². The molecule has 0 radical (unpaired) electrons. The van der Waals surface area contributed by atoms with Gasteiger partial charge in [-0.05, 0) is 49.9 Å². The van der Waals surface area contributed by atoms with E-state index in [9.17, 15) is 4.79 Å². The van der Waals surface area contributed by atoms with Crippen molar-refractivity contribution >= 4 is 24.0 Å². The first-order valence-corrected chi connectivity index (χ1v) is 6.32. The third kappa shape index (κ3) is 3.24. The lowest BCUT2D eigenvalue weighted by molar-refractivity contribution is -0.118. The maximum absolute atomic E-state index is 12.1. The molecule has 1 aromatic carbocycles. The zero-order chi connectivity index (χ0) is 12.3. The fourth-order valence-electron chi connectivity index (χ4n) is 2.33. The van der Waals surface area contributed by atoms with Gasteiger partial charge in [0.25, 0.3) is 0 Å². The minimum absolute atomic E-state index is 0. The number of carbonyl (C=O) groups is 1. The highest BCUT2D eigenvalue weighted by Crippen LogP contribution is 2.28. The topological polar surface area (TPSA) is 46.3 Å². The van der Waals surface area contributed by atoms with Crippen LogP contribution in [0.2, 0.25) is 0 Å². The Hall–Kier alpha value is -1.06. The molecule has 1 aliphatic rings. The molecule has 0 saturated carbocycles. The first-order chi connectivity index (χ1) is 8.22. The van der Waals surface area contributed by atoms with E-state index in [1.54, 1.807) is 0 Å². The predicted molar refractivity (Wildman–Crippen MR) is 77.4 cm³/mol. The molecule has 2 N–H and O–H groups in total. The average molecular weight is 269 g/mol. The molecule has 1 heterocycles. The summed E-state index contributed by atoms with van der Waals surface area (Å²) in [4.78, 5) is 14.0. The summed E-state index contributed by atoms with van der Waals surface area (Å²) in [5, 5.41) is 0. The molecule has 0 unspecified atom stereocenters. The Morgan fingerprint density at radius 1 is 1.44 bits per heavy atom. The molecule has 0 fully saturated rings. The fourth-order valence-corrected chi connectivity index (χ4v) is 2.33. The predicted octanol–water partition coefficient (Wildman–Crippen LogP) is 2.43. The van der Waals surface area contributed by atoms with E-state index in [1.807, 2.05) is 4.90 Å². The number of hydrogen-bond donors (Lipinski definition) is 1. The van der Waals surface area contributed by atoms with Gasteiger partial charge in [-0.25, -0.2) is 0 Å². The molecule has 1 amide bonds. The highest BCUT2D eigenvalue weighted by Gasteiger charge is 2.21. The van der Waals surface area contributed by atoms with Crippen LogP contribution in [0.1, 0.15) is 30.4 Å². The second-order valence-corrected chi connectivity index (χ2v) is 4.67. The zero-order valence-corrected chi connectivity index (χ0v) is 11.6. The zero-order valence-electron chi connectivity index (χ0n) is 10.8. The number of halogens is 1. The number of nitrogens with zero attached hydrogens (tertiary/aromatic N) is 1. The van der Waals surface area contributed by atoms with Gasteiger partial charge in [-0.3, -0.25) is 4.79 Å². The van der Waals surface area contributed by atoms with E-state index in [4.69, 9.17) is 5.73 Å². The van der Waals surface area contributed by atoms with Gasteiger partial charge in [-0.2, -0.15) is 0 Å². The SMILES string of the molecule is Cc1ccc2c(c1)N(C(=O)CCCN)CCC2.Cl. The van der Waals surface area contributed by atoms with Gasteiger partial charge in [0, 0.05) is 18.7 Å².